The lowest BCUT2D eigenvalue weighted by atomic mass is 9.75. The highest BCUT2D eigenvalue weighted by atomic mass is 19.1. The number of fused-ring (bicyclic) bond motifs is 1. The average Bonchev–Trinajstić information content (AvgIpc) is 3.68. The second kappa shape index (κ2) is 14.2. The van der Waals surface area contributed by atoms with Crippen LogP contribution in [0.3, 0.4) is 0 Å². The maximum absolute atomic E-state index is 14.0. The Morgan fingerprint density at radius 1 is 1.07 bits per heavy atom. The van der Waals surface area contributed by atoms with E-state index in [1.807, 2.05) is 11.8 Å². The highest BCUT2D eigenvalue weighted by molar-refractivity contribution is 6.00. The fourth-order valence-corrected chi connectivity index (χ4v) is 7.50. The third kappa shape index (κ3) is 7.06. The zero-order valence-corrected chi connectivity index (χ0v) is 25.4. The van der Waals surface area contributed by atoms with Crippen LogP contribution in [0.2, 0.25) is 0 Å². The number of esters is 1. The molecule has 43 heavy (non-hydrogen) atoms. The number of carbonyl (C=O) groups is 3. The zero-order chi connectivity index (χ0) is 30.5. The number of halogens is 1. The highest BCUT2D eigenvalue weighted by Crippen LogP contribution is 2.42. The molecule has 3 fully saturated rings. The van der Waals surface area contributed by atoms with Crippen molar-refractivity contribution >= 4 is 34.4 Å². The van der Waals surface area contributed by atoms with Gasteiger partial charge in [0.15, 0.2) is 0 Å². The second-order valence-electron chi connectivity index (χ2n) is 12.6. The summed E-state index contributed by atoms with van der Waals surface area (Å²) >= 11 is 0. The van der Waals surface area contributed by atoms with Crippen LogP contribution < -0.4 is 11.1 Å². The average molecular weight is 600 g/mol. The number of nitrogens with one attached hydrogen (secondary N) is 1. The molecule has 2 aromatic rings. The molecule has 0 bridgehead atoms. The molecule has 3 aliphatic rings. The molecular formula is C33H46FN3O6. The molecule has 1 aromatic carbocycles. The maximum atomic E-state index is 14.0. The number of carbonyl (C=O) groups excluding carboxylic acids is 3. The molecule has 236 valence electrons. The monoisotopic (exact) mass is 599 g/mol. The smallest absolute Gasteiger partial charge is 0.374 e. The first-order valence-electron chi connectivity index (χ1n) is 16.0. The molecule has 3 atom stereocenters. The van der Waals surface area contributed by atoms with E-state index < -0.39 is 24.7 Å². The number of benzene rings is 1. The summed E-state index contributed by atoms with van der Waals surface area (Å²) in [4.78, 5) is 42.1. The van der Waals surface area contributed by atoms with Crippen LogP contribution in [0, 0.1) is 23.7 Å². The largest absolute Gasteiger partial charge is 0.460 e. The highest BCUT2D eigenvalue weighted by Gasteiger charge is 2.47. The first-order valence-corrected chi connectivity index (χ1v) is 16.0. The molecule has 0 spiro atoms. The van der Waals surface area contributed by atoms with Crippen molar-refractivity contribution in [2.45, 2.75) is 89.3 Å². The first kappa shape index (κ1) is 31.4. The standard InChI is InChI=1S/C33H46FN3O6/c1-3-16-42-33(40)29-18-23-17-24(10-13-28(23)43-29)36-31(38)30-26(20-8-11-25(41-2)12-9-20)14-15-37(30)32(39)22-6-4-21(5-7-22)27(35)19-34/h10,13,17-18,20-22,25-27,30H,3-9,11-12,14-16,19,35H2,1-2H3,(H,36,38)/t20?,21?,22?,25?,26?,27-,30?/m1/s1. The Morgan fingerprint density at radius 3 is 2.49 bits per heavy atom. The zero-order valence-electron chi connectivity index (χ0n) is 25.4. The van der Waals surface area contributed by atoms with Gasteiger partial charge in [-0.2, -0.15) is 0 Å². The number of anilines is 1. The quantitative estimate of drug-likeness (QED) is 0.348. The van der Waals surface area contributed by atoms with Crippen molar-refractivity contribution in [1.82, 2.24) is 4.90 Å². The first-order chi connectivity index (χ1) is 20.8. The van der Waals surface area contributed by atoms with Gasteiger partial charge in [-0.15, -0.1) is 0 Å². The van der Waals surface area contributed by atoms with Gasteiger partial charge < -0.3 is 29.8 Å². The molecule has 1 saturated heterocycles. The van der Waals surface area contributed by atoms with Crippen molar-refractivity contribution in [1.29, 1.82) is 0 Å². The van der Waals surface area contributed by atoms with E-state index in [4.69, 9.17) is 19.6 Å². The summed E-state index contributed by atoms with van der Waals surface area (Å²) in [6.45, 7) is 2.25. The molecule has 10 heteroatoms. The summed E-state index contributed by atoms with van der Waals surface area (Å²) in [5.74, 6) is -0.230. The predicted octanol–water partition coefficient (Wildman–Crippen LogP) is 5.46. The van der Waals surface area contributed by atoms with Gasteiger partial charge in [0, 0.05) is 36.7 Å². The fourth-order valence-electron chi connectivity index (χ4n) is 7.50. The second-order valence-corrected chi connectivity index (χ2v) is 12.6. The van der Waals surface area contributed by atoms with E-state index in [2.05, 4.69) is 5.32 Å². The topological polar surface area (TPSA) is 124 Å². The molecule has 1 aromatic heterocycles. The molecule has 2 saturated carbocycles. The minimum absolute atomic E-state index is 0.0287. The molecule has 1 aliphatic heterocycles. The molecule has 5 rings (SSSR count). The molecular weight excluding hydrogens is 553 g/mol. The number of nitrogens with two attached hydrogens (primary N) is 1. The van der Waals surface area contributed by atoms with Gasteiger partial charge in [0.2, 0.25) is 17.6 Å². The lowest BCUT2D eigenvalue weighted by Crippen LogP contribution is -2.50. The van der Waals surface area contributed by atoms with E-state index in [0.717, 1.165) is 44.9 Å². The minimum Gasteiger partial charge on any atom is -0.460 e. The Balaban J connectivity index is 1.32. The number of likely N-dealkylation sites (tertiary alicyclic amines) is 1. The van der Waals surface area contributed by atoms with Crippen molar-refractivity contribution in [3.63, 3.8) is 0 Å². The van der Waals surface area contributed by atoms with Crippen molar-refractivity contribution in [3.8, 4) is 0 Å². The number of rotatable bonds is 10. The van der Waals surface area contributed by atoms with Gasteiger partial charge >= 0.3 is 5.97 Å². The van der Waals surface area contributed by atoms with Crippen LogP contribution in [-0.2, 0) is 19.1 Å². The lowest BCUT2D eigenvalue weighted by molar-refractivity contribution is -0.142. The van der Waals surface area contributed by atoms with Gasteiger partial charge in [0.1, 0.15) is 18.3 Å². The van der Waals surface area contributed by atoms with Crippen molar-refractivity contribution < 1.29 is 32.7 Å². The van der Waals surface area contributed by atoms with Crippen LogP contribution in [0.1, 0.15) is 81.7 Å². The van der Waals surface area contributed by atoms with Crippen molar-refractivity contribution in [2.75, 3.05) is 32.3 Å². The van der Waals surface area contributed by atoms with Crippen molar-refractivity contribution in [3.05, 3.63) is 30.0 Å². The number of hydrogen-bond acceptors (Lipinski definition) is 7. The Labute approximate surface area is 253 Å². The number of methoxy groups -OCH3 is 1. The van der Waals surface area contributed by atoms with Gasteiger partial charge in [0.25, 0.3) is 0 Å². The normalized spacial score (nSPS) is 28.5. The number of ether oxygens (including phenoxy) is 2. The summed E-state index contributed by atoms with van der Waals surface area (Å²) in [7, 11) is 1.75. The summed E-state index contributed by atoms with van der Waals surface area (Å²) < 4.78 is 29.6. The van der Waals surface area contributed by atoms with E-state index in [1.165, 1.54) is 0 Å². The number of nitrogens with zero attached hydrogens (tertiary/aromatic N) is 1. The Hall–Kier alpha value is -2.98. The number of alkyl halides is 1. The van der Waals surface area contributed by atoms with E-state index >= 15 is 0 Å². The van der Waals surface area contributed by atoms with Crippen LogP contribution in [0.4, 0.5) is 10.1 Å². The number of furan rings is 1. The SMILES string of the molecule is CCCOC(=O)c1cc2cc(NC(=O)C3C(C4CCC(OC)CC4)CCN3C(=O)C3CCC([C@H](N)CF)CC3)ccc2o1. The molecule has 0 radical (unpaired) electrons. The van der Waals surface area contributed by atoms with Crippen LogP contribution in [0.5, 0.6) is 0 Å². The molecule has 3 N–H and O–H groups in total. The Kier molecular flexibility index (Phi) is 10.4. The summed E-state index contributed by atoms with van der Waals surface area (Å²) in [6, 6.07) is 5.84. The third-order valence-corrected chi connectivity index (χ3v) is 9.98. The van der Waals surface area contributed by atoms with E-state index in [9.17, 15) is 18.8 Å². The van der Waals surface area contributed by atoms with Crippen LogP contribution in [0.25, 0.3) is 11.0 Å². The Morgan fingerprint density at radius 2 is 1.81 bits per heavy atom. The summed E-state index contributed by atoms with van der Waals surface area (Å²) in [6.07, 6.45) is 8.42. The molecule has 2 unspecified atom stereocenters. The van der Waals surface area contributed by atoms with Gasteiger partial charge in [-0.05, 0) is 106 Å². The maximum Gasteiger partial charge on any atom is 0.374 e. The molecule has 9 nitrogen and oxygen atoms in total. The number of hydrogen-bond donors (Lipinski definition) is 2. The van der Waals surface area contributed by atoms with Gasteiger partial charge in [-0.1, -0.05) is 6.92 Å². The van der Waals surface area contributed by atoms with Gasteiger partial charge in [-0.25, -0.2) is 9.18 Å². The van der Waals surface area contributed by atoms with Crippen LogP contribution in [-0.4, -0.2) is 67.8 Å². The van der Waals surface area contributed by atoms with Crippen LogP contribution >= 0.6 is 0 Å². The predicted molar refractivity (Wildman–Crippen MR) is 161 cm³/mol. The van der Waals surface area contributed by atoms with Crippen LogP contribution in [0.15, 0.2) is 28.7 Å². The van der Waals surface area contributed by atoms with E-state index in [-0.39, 0.29) is 41.4 Å². The van der Waals surface area contributed by atoms with Gasteiger partial charge in [-0.3, -0.25) is 9.59 Å². The van der Waals surface area contributed by atoms with E-state index in [0.29, 0.717) is 55.0 Å². The summed E-state index contributed by atoms with van der Waals surface area (Å²) in [5.41, 5.74) is 7.06. The van der Waals surface area contributed by atoms with Crippen molar-refractivity contribution in [2.24, 2.45) is 29.4 Å². The minimum atomic E-state index is -0.568. The van der Waals surface area contributed by atoms with Gasteiger partial charge in [0.05, 0.1) is 12.7 Å². The fraction of sp³-hybridized carbons (Fsp3) is 0.667. The molecule has 2 amide bonds. The van der Waals surface area contributed by atoms with E-state index in [1.54, 1.807) is 31.4 Å². The molecule has 2 aliphatic carbocycles. The Bertz CT molecular complexity index is 1270. The lowest BCUT2D eigenvalue weighted by Gasteiger charge is -2.37. The number of amides is 2. The third-order valence-electron chi connectivity index (χ3n) is 9.98. The molecule has 2 heterocycles. The summed E-state index contributed by atoms with van der Waals surface area (Å²) in [5, 5.41) is 3.76.